The van der Waals surface area contributed by atoms with Gasteiger partial charge >= 0.3 is 5.97 Å². The van der Waals surface area contributed by atoms with Gasteiger partial charge in [0.2, 0.25) is 0 Å². The van der Waals surface area contributed by atoms with E-state index in [0.717, 1.165) is 49.2 Å². The SMILES string of the molecule is CCOC(=O)CCCCCn1c(-c2ccccc2)nc(=S)c2c1CC(C)(C)OC2. The number of hydrogen-bond donors (Lipinski definition) is 0. The number of nitrogens with zero attached hydrogens (tertiary/aromatic N) is 2. The highest BCUT2D eigenvalue weighted by molar-refractivity contribution is 7.71. The Hall–Kier alpha value is -2.05. The number of benzene rings is 1. The molecule has 0 saturated heterocycles. The highest BCUT2D eigenvalue weighted by Gasteiger charge is 2.30. The first kappa shape index (κ1) is 21.7. The molecule has 0 aliphatic carbocycles. The molecule has 3 rings (SSSR count). The van der Waals surface area contributed by atoms with E-state index in [1.165, 1.54) is 5.69 Å². The van der Waals surface area contributed by atoms with Crippen molar-refractivity contribution in [1.29, 1.82) is 0 Å². The van der Waals surface area contributed by atoms with E-state index in [1.807, 2.05) is 25.1 Å². The molecule has 0 radical (unpaired) electrons. The monoisotopic (exact) mass is 414 g/mol. The van der Waals surface area contributed by atoms with E-state index in [0.29, 0.717) is 24.3 Å². The topological polar surface area (TPSA) is 53.4 Å². The van der Waals surface area contributed by atoms with Crippen LogP contribution in [0.15, 0.2) is 30.3 Å². The molecule has 156 valence electrons. The first-order chi connectivity index (χ1) is 13.9. The van der Waals surface area contributed by atoms with Gasteiger partial charge in [0.15, 0.2) is 0 Å². The van der Waals surface area contributed by atoms with Crippen LogP contribution in [-0.2, 0) is 33.8 Å². The van der Waals surface area contributed by atoms with Crippen molar-refractivity contribution < 1.29 is 14.3 Å². The van der Waals surface area contributed by atoms with Crippen LogP contribution < -0.4 is 0 Å². The van der Waals surface area contributed by atoms with Gasteiger partial charge in [0.1, 0.15) is 10.5 Å². The molecule has 0 saturated carbocycles. The van der Waals surface area contributed by atoms with Crippen molar-refractivity contribution in [2.75, 3.05) is 6.61 Å². The Kier molecular flexibility index (Phi) is 7.19. The number of fused-ring (bicyclic) bond motifs is 1. The maximum absolute atomic E-state index is 11.6. The van der Waals surface area contributed by atoms with Gasteiger partial charge in [0.05, 0.1) is 18.8 Å². The highest BCUT2D eigenvalue weighted by atomic mass is 32.1. The third kappa shape index (κ3) is 5.52. The fraction of sp³-hybridized carbons (Fsp3) is 0.522. The zero-order chi connectivity index (χ0) is 20.9. The summed E-state index contributed by atoms with van der Waals surface area (Å²) in [5, 5.41) is 0. The van der Waals surface area contributed by atoms with E-state index in [4.69, 9.17) is 26.7 Å². The Morgan fingerprint density at radius 3 is 2.72 bits per heavy atom. The fourth-order valence-corrected chi connectivity index (χ4v) is 3.97. The second-order valence-corrected chi connectivity index (χ2v) is 8.41. The molecule has 2 aromatic rings. The van der Waals surface area contributed by atoms with Gasteiger partial charge in [-0.1, -0.05) is 49.0 Å². The lowest BCUT2D eigenvalue weighted by molar-refractivity contribution is -0.143. The van der Waals surface area contributed by atoms with E-state index < -0.39 is 0 Å². The average molecular weight is 415 g/mol. The van der Waals surface area contributed by atoms with Gasteiger partial charge in [0, 0.05) is 36.2 Å². The number of hydrogen-bond acceptors (Lipinski definition) is 5. The number of carbonyl (C=O) groups excluding carboxylic acids is 1. The summed E-state index contributed by atoms with van der Waals surface area (Å²) < 4.78 is 14.0. The van der Waals surface area contributed by atoms with Gasteiger partial charge in [-0.15, -0.1) is 0 Å². The normalized spacial score (nSPS) is 15.0. The fourth-order valence-electron chi connectivity index (χ4n) is 3.70. The summed E-state index contributed by atoms with van der Waals surface area (Å²) >= 11 is 5.61. The Morgan fingerprint density at radius 2 is 2.00 bits per heavy atom. The second kappa shape index (κ2) is 9.63. The quantitative estimate of drug-likeness (QED) is 0.335. The molecule has 0 spiro atoms. The van der Waals surface area contributed by atoms with Gasteiger partial charge in [-0.05, 0) is 33.6 Å². The summed E-state index contributed by atoms with van der Waals surface area (Å²) in [4.78, 5) is 16.3. The molecule has 1 aliphatic rings. The van der Waals surface area contributed by atoms with Crippen LogP contribution in [0.3, 0.4) is 0 Å². The average Bonchev–Trinajstić information content (AvgIpc) is 2.69. The van der Waals surface area contributed by atoms with Crippen LogP contribution >= 0.6 is 12.2 Å². The lowest BCUT2D eigenvalue weighted by Gasteiger charge is -2.34. The number of carbonyl (C=O) groups is 1. The van der Waals surface area contributed by atoms with Crippen LogP contribution in [0.5, 0.6) is 0 Å². The van der Waals surface area contributed by atoms with Crippen molar-refractivity contribution in [3.63, 3.8) is 0 Å². The van der Waals surface area contributed by atoms with E-state index in [-0.39, 0.29) is 11.6 Å². The van der Waals surface area contributed by atoms with E-state index in [2.05, 4.69) is 30.5 Å². The molecule has 29 heavy (non-hydrogen) atoms. The summed E-state index contributed by atoms with van der Waals surface area (Å²) in [7, 11) is 0. The van der Waals surface area contributed by atoms with Crippen LogP contribution in [-0.4, -0.2) is 27.7 Å². The Labute approximate surface area is 178 Å². The van der Waals surface area contributed by atoms with Crippen LogP contribution in [0, 0.1) is 4.64 Å². The number of unbranched alkanes of at least 4 members (excludes halogenated alkanes) is 2. The molecule has 0 fully saturated rings. The van der Waals surface area contributed by atoms with Crippen LogP contribution in [0.2, 0.25) is 0 Å². The molecule has 1 aliphatic heterocycles. The van der Waals surface area contributed by atoms with Gasteiger partial charge in [-0.2, -0.15) is 0 Å². The van der Waals surface area contributed by atoms with E-state index >= 15 is 0 Å². The third-order valence-corrected chi connectivity index (χ3v) is 5.53. The Balaban J connectivity index is 1.85. The van der Waals surface area contributed by atoms with Gasteiger partial charge in [-0.3, -0.25) is 4.79 Å². The molecule has 0 N–H and O–H groups in total. The number of esters is 1. The van der Waals surface area contributed by atoms with Gasteiger partial charge in [0.25, 0.3) is 0 Å². The molecule has 0 atom stereocenters. The van der Waals surface area contributed by atoms with Crippen molar-refractivity contribution in [1.82, 2.24) is 9.55 Å². The highest BCUT2D eigenvalue weighted by Crippen LogP contribution is 2.31. The largest absolute Gasteiger partial charge is 0.466 e. The Bertz CT molecular complexity index is 906. The first-order valence-electron chi connectivity index (χ1n) is 10.4. The van der Waals surface area contributed by atoms with Crippen LogP contribution in [0.4, 0.5) is 0 Å². The maximum Gasteiger partial charge on any atom is 0.305 e. The van der Waals surface area contributed by atoms with Crippen molar-refractivity contribution in [3.05, 3.63) is 46.2 Å². The minimum Gasteiger partial charge on any atom is -0.466 e. The summed E-state index contributed by atoms with van der Waals surface area (Å²) in [6.45, 7) is 7.86. The molecule has 0 amide bonds. The molecule has 1 aromatic heterocycles. The lowest BCUT2D eigenvalue weighted by atomic mass is 9.95. The van der Waals surface area contributed by atoms with Crippen molar-refractivity contribution >= 4 is 18.2 Å². The predicted molar refractivity (Wildman–Crippen MR) is 116 cm³/mol. The molecule has 0 bridgehead atoms. The summed E-state index contributed by atoms with van der Waals surface area (Å²) in [5.41, 5.74) is 3.10. The van der Waals surface area contributed by atoms with Crippen molar-refractivity contribution in [3.8, 4) is 11.4 Å². The zero-order valence-electron chi connectivity index (χ0n) is 17.6. The Morgan fingerprint density at radius 1 is 1.24 bits per heavy atom. The first-order valence-corrected chi connectivity index (χ1v) is 10.8. The minimum atomic E-state index is -0.226. The molecule has 0 unspecified atom stereocenters. The van der Waals surface area contributed by atoms with Gasteiger partial charge in [-0.25, -0.2) is 4.98 Å². The minimum absolute atomic E-state index is 0.112. The molecule has 5 nitrogen and oxygen atoms in total. The molecule has 2 heterocycles. The van der Waals surface area contributed by atoms with E-state index in [9.17, 15) is 4.79 Å². The summed E-state index contributed by atoms with van der Waals surface area (Å²) in [5.74, 6) is 0.802. The van der Waals surface area contributed by atoms with Crippen molar-refractivity contribution in [2.24, 2.45) is 0 Å². The third-order valence-electron chi connectivity index (χ3n) is 5.20. The molecule has 6 heteroatoms. The van der Waals surface area contributed by atoms with Crippen LogP contribution in [0.25, 0.3) is 11.4 Å². The van der Waals surface area contributed by atoms with Gasteiger partial charge < -0.3 is 14.0 Å². The molecular weight excluding hydrogens is 384 g/mol. The van der Waals surface area contributed by atoms with E-state index in [1.54, 1.807) is 0 Å². The van der Waals surface area contributed by atoms with Crippen LogP contribution in [0.1, 0.15) is 57.7 Å². The molecule has 1 aromatic carbocycles. The number of ether oxygens (including phenoxy) is 2. The zero-order valence-corrected chi connectivity index (χ0v) is 18.4. The number of rotatable bonds is 8. The lowest BCUT2D eigenvalue weighted by Crippen LogP contribution is -2.35. The smallest absolute Gasteiger partial charge is 0.305 e. The summed E-state index contributed by atoms with van der Waals surface area (Å²) in [6, 6.07) is 10.2. The standard InChI is InChI=1S/C23H30N2O3S/c1-4-27-20(26)13-9-6-10-14-25-19-15-23(2,3)28-16-18(19)22(29)24-21(25)17-11-7-5-8-12-17/h5,7-8,11-12H,4,6,9-10,13-16H2,1-3H3. The molecular formula is C23H30N2O3S. The predicted octanol–water partition coefficient (Wildman–Crippen LogP) is 5.25. The number of aromatic nitrogens is 2. The second-order valence-electron chi connectivity index (χ2n) is 8.02. The summed E-state index contributed by atoms with van der Waals surface area (Å²) in [6.07, 6.45) is 4.05. The van der Waals surface area contributed by atoms with Crippen molar-refractivity contribution in [2.45, 2.75) is 71.6 Å². The maximum atomic E-state index is 11.6.